The number of carbonyl (C=O) groups is 2. The lowest BCUT2D eigenvalue weighted by molar-refractivity contribution is -0.149. The van der Waals surface area contributed by atoms with Crippen LogP contribution in [0, 0.1) is 0 Å². The number of nitrogen functional groups attached to an aromatic ring is 1. The van der Waals surface area contributed by atoms with Gasteiger partial charge in [-0.3, -0.25) is 4.79 Å². The number of benzene rings is 1. The third kappa shape index (κ3) is 3.71. The highest BCUT2D eigenvalue weighted by molar-refractivity contribution is 9.10. The Morgan fingerprint density at radius 2 is 2.22 bits per heavy atom. The zero-order chi connectivity index (χ0) is 13.7. The molecule has 0 spiro atoms. The van der Waals surface area contributed by atoms with Gasteiger partial charge >= 0.3 is 5.97 Å². The van der Waals surface area contributed by atoms with Crippen molar-refractivity contribution in [1.29, 1.82) is 0 Å². The Morgan fingerprint density at radius 3 is 2.83 bits per heavy atom. The van der Waals surface area contributed by atoms with Crippen molar-refractivity contribution in [1.82, 2.24) is 5.32 Å². The molecule has 0 radical (unpaired) electrons. The van der Waals surface area contributed by atoms with E-state index in [9.17, 15) is 14.7 Å². The van der Waals surface area contributed by atoms with Gasteiger partial charge in [0.2, 0.25) is 0 Å². The minimum atomic E-state index is -1.39. The molecule has 1 aromatic carbocycles. The number of anilines is 1. The third-order valence-corrected chi connectivity index (χ3v) is 2.86. The largest absolute Gasteiger partial charge is 0.467 e. The summed E-state index contributed by atoms with van der Waals surface area (Å²) in [5.74, 6) is -1.25. The number of carbonyl (C=O) groups excluding carboxylic acids is 2. The Labute approximate surface area is 112 Å². The first-order chi connectivity index (χ1) is 8.45. The fourth-order valence-electron chi connectivity index (χ4n) is 1.22. The van der Waals surface area contributed by atoms with Crippen LogP contribution >= 0.6 is 15.9 Å². The van der Waals surface area contributed by atoms with Crippen LogP contribution in [-0.2, 0) is 9.53 Å². The summed E-state index contributed by atoms with van der Waals surface area (Å²) in [6.07, 6.45) is -1.39. The van der Waals surface area contributed by atoms with Crippen LogP contribution in [0.5, 0.6) is 0 Å². The molecule has 0 saturated carbocycles. The lowest BCUT2D eigenvalue weighted by Crippen LogP contribution is -2.37. The molecule has 0 bridgehead atoms. The first-order valence-corrected chi connectivity index (χ1v) is 5.84. The van der Waals surface area contributed by atoms with Crippen LogP contribution in [0.3, 0.4) is 0 Å². The molecule has 98 valence electrons. The van der Waals surface area contributed by atoms with Crippen molar-refractivity contribution in [2.45, 2.75) is 6.10 Å². The predicted octanol–water partition coefficient (Wildman–Crippen LogP) is 0.295. The van der Waals surface area contributed by atoms with Gasteiger partial charge in [-0.2, -0.15) is 0 Å². The van der Waals surface area contributed by atoms with Crippen LogP contribution < -0.4 is 11.1 Å². The standard InChI is InChI=1S/C11H13BrN2O4/c1-18-11(17)9(15)5-14-10(16)7-4-6(13)2-3-8(7)12/h2-4,9,15H,5,13H2,1H3,(H,14,16). The number of nitrogens with one attached hydrogen (secondary N) is 1. The number of amides is 1. The van der Waals surface area contributed by atoms with E-state index in [0.717, 1.165) is 7.11 Å². The maximum atomic E-state index is 11.8. The Balaban J connectivity index is 2.66. The molecular weight excluding hydrogens is 304 g/mol. The Hall–Kier alpha value is -1.60. The molecule has 1 rings (SSSR count). The summed E-state index contributed by atoms with van der Waals surface area (Å²) < 4.78 is 4.89. The molecule has 7 heteroatoms. The maximum absolute atomic E-state index is 11.8. The zero-order valence-electron chi connectivity index (χ0n) is 9.64. The first-order valence-electron chi connectivity index (χ1n) is 5.04. The lowest BCUT2D eigenvalue weighted by atomic mass is 10.2. The number of aliphatic hydroxyl groups is 1. The number of hydrogen-bond donors (Lipinski definition) is 3. The maximum Gasteiger partial charge on any atom is 0.336 e. The van der Waals surface area contributed by atoms with Crippen molar-refractivity contribution in [3.8, 4) is 0 Å². The highest BCUT2D eigenvalue weighted by Crippen LogP contribution is 2.19. The monoisotopic (exact) mass is 316 g/mol. The molecule has 0 aliphatic heterocycles. The highest BCUT2D eigenvalue weighted by atomic mass is 79.9. The van der Waals surface area contributed by atoms with Gasteiger partial charge in [0, 0.05) is 10.2 Å². The van der Waals surface area contributed by atoms with Gasteiger partial charge in [0.1, 0.15) is 0 Å². The number of nitrogens with two attached hydrogens (primary N) is 1. The summed E-state index contributed by atoms with van der Waals surface area (Å²) in [5.41, 5.74) is 6.33. The third-order valence-electron chi connectivity index (χ3n) is 2.16. The molecule has 1 unspecified atom stereocenters. The van der Waals surface area contributed by atoms with Gasteiger partial charge in [0.05, 0.1) is 19.2 Å². The Kier molecular flexibility index (Phi) is 5.11. The quantitative estimate of drug-likeness (QED) is 0.547. The van der Waals surface area contributed by atoms with Crippen molar-refractivity contribution < 1.29 is 19.4 Å². The summed E-state index contributed by atoms with van der Waals surface area (Å²) >= 11 is 3.21. The van der Waals surface area contributed by atoms with Gasteiger partial charge in [-0.15, -0.1) is 0 Å². The van der Waals surface area contributed by atoms with Crippen molar-refractivity contribution >= 4 is 33.5 Å². The average Bonchev–Trinajstić information content (AvgIpc) is 2.37. The number of halogens is 1. The predicted molar refractivity (Wildman–Crippen MR) is 68.9 cm³/mol. The van der Waals surface area contributed by atoms with Gasteiger partial charge < -0.3 is 20.9 Å². The lowest BCUT2D eigenvalue weighted by Gasteiger charge is -2.10. The fraction of sp³-hybridized carbons (Fsp3) is 0.273. The van der Waals surface area contributed by atoms with E-state index < -0.39 is 18.0 Å². The minimum absolute atomic E-state index is 0.229. The molecular formula is C11H13BrN2O4. The van der Waals surface area contributed by atoms with E-state index in [0.29, 0.717) is 15.7 Å². The number of rotatable bonds is 4. The number of esters is 1. The summed E-state index contributed by atoms with van der Waals surface area (Å²) in [7, 11) is 1.15. The molecule has 0 fully saturated rings. The van der Waals surface area contributed by atoms with Crippen LogP contribution in [0.4, 0.5) is 5.69 Å². The van der Waals surface area contributed by atoms with Gasteiger partial charge in [-0.1, -0.05) is 0 Å². The van der Waals surface area contributed by atoms with E-state index in [1.54, 1.807) is 12.1 Å². The van der Waals surface area contributed by atoms with Crippen molar-refractivity contribution in [3.05, 3.63) is 28.2 Å². The zero-order valence-corrected chi connectivity index (χ0v) is 11.2. The Morgan fingerprint density at radius 1 is 1.56 bits per heavy atom. The van der Waals surface area contributed by atoms with Crippen molar-refractivity contribution in [3.63, 3.8) is 0 Å². The van der Waals surface area contributed by atoms with E-state index in [1.807, 2.05) is 0 Å². The first kappa shape index (κ1) is 14.5. The summed E-state index contributed by atoms with van der Waals surface area (Å²) in [6, 6.07) is 4.77. The van der Waals surface area contributed by atoms with Crippen molar-refractivity contribution in [2.24, 2.45) is 0 Å². The second-order valence-corrected chi connectivity index (χ2v) is 4.34. The van der Waals surface area contributed by atoms with Crippen LogP contribution in [-0.4, -0.2) is 36.7 Å². The number of hydrogen-bond acceptors (Lipinski definition) is 5. The van der Waals surface area contributed by atoms with E-state index in [1.165, 1.54) is 6.07 Å². The normalized spacial score (nSPS) is 11.7. The van der Waals surface area contributed by atoms with Gasteiger partial charge in [0.15, 0.2) is 6.10 Å². The molecule has 0 aromatic heterocycles. The molecule has 1 aromatic rings. The number of ether oxygens (including phenoxy) is 1. The van der Waals surface area contributed by atoms with Gasteiger partial charge in [-0.25, -0.2) is 4.79 Å². The van der Waals surface area contributed by atoms with E-state index in [4.69, 9.17) is 5.73 Å². The van der Waals surface area contributed by atoms with Crippen LogP contribution in [0.2, 0.25) is 0 Å². The van der Waals surface area contributed by atoms with Gasteiger partial charge in [-0.05, 0) is 34.1 Å². The summed E-state index contributed by atoms with van der Waals surface area (Å²) in [4.78, 5) is 22.7. The molecule has 0 heterocycles. The molecule has 6 nitrogen and oxygen atoms in total. The molecule has 4 N–H and O–H groups in total. The fourth-order valence-corrected chi connectivity index (χ4v) is 1.65. The number of methoxy groups -OCH3 is 1. The topological polar surface area (TPSA) is 102 Å². The average molecular weight is 317 g/mol. The van der Waals surface area contributed by atoms with E-state index in [2.05, 4.69) is 26.0 Å². The molecule has 0 aliphatic rings. The minimum Gasteiger partial charge on any atom is -0.467 e. The van der Waals surface area contributed by atoms with Crippen LogP contribution in [0.1, 0.15) is 10.4 Å². The molecule has 0 aliphatic carbocycles. The van der Waals surface area contributed by atoms with Gasteiger partial charge in [0.25, 0.3) is 5.91 Å². The van der Waals surface area contributed by atoms with E-state index >= 15 is 0 Å². The molecule has 1 amide bonds. The second-order valence-electron chi connectivity index (χ2n) is 3.49. The second kappa shape index (κ2) is 6.36. The highest BCUT2D eigenvalue weighted by Gasteiger charge is 2.17. The van der Waals surface area contributed by atoms with Crippen LogP contribution in [0.25, 0.3) is 0 Å². The Bertz CT molecular complexity index is 464. The smallest absolute Gasteiger partial charge is 0.336 e. The molecule has 18 heavy (non-hydrogen) atoms. The SMILES string of the molecule is COC(=O)C(O)CNC(=O)c1cc(N)ccc1Br. The van der Waals surface area contributed by atoms with Crippen molar-refractivity contribution in [2.75, 3.05) is 19.4 Å². The molecule has 1 atom stereocenters. The summed E-state index contributed by atoms with van der Waals surface area (Å²) in [6.45, 7) is -0.229. The summed E-state index contributed by atoms with van der Waals surface area (Å²) in [5, 5.41) is 11.7. The number of aliphatic hydroxyl groups excluding tert-OH is 1. The van der Waals surface area contributed by atoms with Crippen LogP contribution in [0.15, 0.2) is 22.7 Å². The van der Waals surface area contributed by atoms with E-state index in [-0.39, 0.29) is 6.54 Å². The molecule has 0 saturated heterocycles.